The third-order valence-electron chi connectivity index (χ3n) is 4.94. The van der Waals surface area contributed by atoms with Crippen molar-refractivity contribution in [1.82, 2.24) is 14.8 Å². The molecule has 2 heterocycles. The molecule has 0 fully saturated rings. The lowest BCUT2D eigenvalue weighted by Gasteiger charge is -2.10. The highest BCUT2D eigenvalue weighted by Gasteiger charge is 2.30. The maximum absolute atomic E-state index is 12.9. The molecular formula is C23H19F3N4O. The number of hydrogen-bond donors (Lipinski definition) is 1. The van der Waals surface area contributed by atoms with E-state index >= 15 is 0 Å². The Balaban J connectivity index is 1.62. The van der Waals surface area contributed by atoms with Gasteiger partial charge in [0.1, 0.15) is 6.54 Å². The number of pyridine rings is 1. The van der Waals surface area contributed by atoms with E-state index in [1.807, 2.05) is 44.2 Å². The highest BCUT2D eigenvalue weighted by molar-refractivity contribution is 5.96. The normalized spacial score (nSPS) is 11.6. The van der Waals surface area contributed by atoms with Crippen molar-refractivity contribution in [2.45, 2.75) is 26.6 Å². The van der Waals surface area contributed by atoms with Gasteiger partial charge in [0.25, 0.3) is 0 Å². The Morgan fingerprint density at radius 3 is 2.52 bits per heavy atom. The fourth-order valence-electron chi connectivity index (χ4n) is 3.48. The molecule has 4 rings (SSSR count). The topological polar surface area (TPSA) is 59.8 Å². The smallest absolute Gasteiger partial charge is 0.324 e. The highest BCUT2D eigenvalue weighted by Crippen LogP contribution is 2.31. The van der Waals surface area contributed by atoms with Crippen LogP contribution in [0.15, 0.2) is 60.8 Å². The Labute approximate surface area is 176 Å². The van der Waals surface area contributed by atoms with E-state index in [0.717, 1.165) is 34.2 Å². The molecule has 158 valence electrons. The monoisotopic (exact) mass is 424 g/mol. The molecule has 1 amide bonds. The molecule has 0 bridgehead atoms. The van der Waals surface area contributed by atoms with Gasteiger partial charge in [-0.15, -0.1) is 0 Å². The number of carbonyl (C=O) groups excluding carboxylic acids is 1. The number of anilines is 1. The number of halogens is 3. The minimum absolute atomic E-state index is 0.0707. The summed E-state index contributed by atoms with van der Waals surface area (Å²) in [4.78, 5) is 16.9. The van der Waals surface area contributed by atoms with Gasteiger partial charge in [-0.25, -0.2) is 9.67 Å². The minimum Gasteiger partial charge on any atom is -0.324 e. The number of hydrogen-bond acceptors (Lipinski definition) is 3. The number of rotatable bonds is 4. The molecule has 0 saturated heterocycles. The Kier molecular flexibility index (Phi) is 5.22. The second kappa shape index (κ2) is 7.86. The van der Waals surface area contributed by atoms with E-state index in [1.54, 1.807) is 6.20 Å². The van der Waals surface area contributed by atoms with Gasteiger partial charge >= 0.3 is 6.18 Å². The molecule has 31 heavy (non-hydrogen) atoms. The molecule has 2 aromatic heterocycles. The van der Waals surface area contributed by atoms with E-state index in [1.165, 1.54) is 16.8 Å². The van der Waals surface area contributed by atoms with Crippen LogP contribution in [0.4, 0.5) is 18.9 Å². The molecule has 0 aliphatic heterocycles. The second-order valence-corrected chi connectivity index (χ2v) is 7.29. The first-order valence-corrected chi connectivity index (χ1v) is 9.58. The van der Waals surface area contributed by atoms with Gasteiger partial charge in [-0.05, 0) is 49.2 Å². The SMILES string of the molecule is Cc1ccc(-c2ccnc3c2c(C)nn3CC(=O)Nc2cccc(C(F)(F)F)c2)cc1. The van der Waals surface area contributed by atoms with Gasteiger partial charge in [-0.3, -0.25) is 4.79 Å². The first-order chi connectivity index (χ1) is 14.7. The molecule has 0 saturated carbocycles. The summed E-state index contributed by atoms with van der Waals surface area (Å²) < 4.78 is 40.1. The van der Waals surface area contributed by atoms with Crippen LogP contribution in [-0.2, 0) is 17.5 Å². The summed E-state index contributed by atoms with van der Waals surface area (Å²) in [5.41, 5.74) is 3.60. The van der Waals surface area contributed by atoms with Crippen molar-refractivity contribution in [2.75, 3.05) is 5.32 Å². The average Bonchev–Trinajstić information content (AvgIpc) is 3.04. The van der Waals surface area contributed by atoms with Crippen LogP contribution in [0.5, 0.6) is 0 Å². The van der Waals surface area contributed by atoms with E-state index in [2.05, 4.69) is 15.4 Å². The van der Waals surface area contributed by atoms with Crippen LogP contribution >= 0.6 is 0 Å². The summed E-state index contributed by atoms with van der Waals surface area (Å²) in [6, 6.07) is 14.5. The molecule has 0 unspecified atom stereocenters. The van der Waals surface area contributed by atoms with E-state index in [-0.39, 0.29) is 12.2 Å². The number of benzene rings is 2. The number of amides is 1. The number of aromatic nitrogens is 3. The molecule has 5 nitrogen and oxygen atoms in total. The minimum atomic E-state index is -4.48. The van der Waals surface area contributed by atoms with Gasteiger partial charge in [0.15, 0.2) is 5.65 Å². The predicted molar refractivity (Wildman–Crippen MR) is 113 cm³/mol. The quantitative estimate of drug-likeness (QED) is 0.479. The Morgan fingerprint density at radius 1 is 1.06 bits per heavy atom. The third kappa shape index (κ3) is 4.28. The van der Waals surface area contributed by atoms with Gasteiger partial charge in [0, 0.05) is 17.3 Å². The van der Waals surface area contributed by atoms with Crippen LogP contribution in [0, 0.1) is 13.8 Å². The van der Waals surface area contributed by atoms with Crippen LogP contribution in [0.3, 0.4) is 0 Å². The Morgan fingerprint density at radius 2 is 1.81 bits per heavy atom. The first kappa shape index (κ1) is 20.6. The standard InChI is InChI=1S/C23H19F3N4O/c1-14-6-8-16(9-7-14)19-10-11-27-22-21(19)15(2)29-30(22)13-20(31)28-18-5-3-4-17(12-18)23(24,25)26/h3-12H,13H2,1-2H3,(H,28,31). The van der Waals surface area contributed by atoms with Crippen molar-refractivity contribution >= 4 is 22.6 Å². The van der Waals surface area contributed by atoms with Crippen LogP contribution in [0.2, 0.25) is 0 Å². The number of fused-ring (bicyclic) bond motifs is 1. The lowest BCUT2D eigenvalue weighted by Crippen LogP contribution is -2.20. The van der Waals surface area contributed by atoms with Crippen LogP contribution in [0.25, 0.3) is 22.2 Å². The van der Waals surface area contributed by atoms with Gasteiger partial charge in [0.05, 0.1) is 11.3 Å². The van der Waals surface area contributed by atoms with Gasteiger partial charge in [0.2, 0.25) is 5.91 Å². The number of nitrogens with one attached hydrogen (secondary N) is 1. The fraction of sp³-hybridized carbons (Fsp3) is 0.174. The average molecular weight is 424 g/mol. The maximum Gasteiger partial charge on any atom is 0.416 e. The third-order valence-corrected chi connectivity index (χ3v) is 4.94. The summed E-state index contributed by atoms with van der Waals surface area (Å²) in [5.74, 6) is -0.494. The van der Waals surface area contributed by atoms with E-state index in [4.69, 9.17) is 0 Å². The van der Waals surface area contributed by atoms with Gasteiger partial charge in [-0.2, -0.15) is 18.3 Å². The Hall–Kier alpha value is -3.68. The zero-order valence-corrected chi connectivity index (χ0v) is 16.9. The van der Waals surface area contributed by atoms with E-state index < -0.39 is 17.6 Å². The van der Waals surface area contributed by atoms with Crippen LogP contribution < -0.4 is 5.32 Å². The highest BCUT2D eigenvalue weighted by atomic mass is 19.4. The van der Waals surface area contributed by atoms with Crippen molar-refractivity contribution < 1.29 is 18.0 Å². The molecule has 0 radical (unpaired) electrons. The summed E-state index contributed by atoms with van der Waals surface area (Å²) in [6.45, 7) is 3.67. The van der Waals surface area contributed by atoms with Crippen molar-refractivity contribution in [3.63, 3.8) is 0 Å². The molecule has 8 heteroatoms. The number of nitrogens with zero attached hydrogens (tertiary/aromatic N) is 3. The summed E-state index contributed by atoms with van der Waals surface area (Å²) in [5, 5.41) is 7.78. The number of alkyl halides is 3. The van der Waals surface area contributed by atoms with Crippen LogP contribution in [0.1, 0.15) is 16.8 Å². The zero-order chi connectivity index (χ0) is 22.2. The first-order valence-electron chi connectivity index (χ1n) is 9.58. The fourth-order valence-corrected chi connectivity index (χ4v) is 3.48. The van der Waals surface area contributed by atoms with E-state index in [0.29, 0.717) is 11.3 Å². The molecule has 0 aliphatic carbocycles. The lowest BCUT2D eigenvalue weighted by molar-refractivity contribution is -0.137. The Bertz CT molecular complexity index is 1260. The predicted octanol–water partition coefficient (Wildman–Crippen LogP) is 5.37. The van der Waals surface area contributed by atoms with Gasteiger partial charge < -0.3 is 5.32 Å². The van der Waals surface area contributed by atoms with E-state index in [9.17, 15) is 18.0 Å². The maximum atomic E-state index is 12.9. The van der Waals surface area contributed by atoms with Gasteiger partial charge in [-0.1, -0.05) is 35.9 Å². The van der Waals surface area contributed by atoms with Crippen molar-refractivity contribution in [2.24, 2.45) is 0 Å². The lowest BCUT2D eigenvalue weighted by atomic mass is 10.0. The van der Waals surface area contributed by atoms with Crippen molar-refractivity contribution in [1.29, 1.82) is 0 Å². The summed E-state index contributed by atoms with van der Waals surface area (Å²) >= 11 is 0. The molecule has 0 aliphatic rings. The molecule has 2 aromatic carbocycles. The molecule has 0 spiro atoms. The summed E-state index contributed by atoms with van der Waals surface area (Å²) in [6.07, 6.45) is -2.83. The van der Waals surface area contributed by atoms with Crippen molar-refractivity contribution in [3.05, 3.63) is 77.6 Å². The second-order valence-electron chi connectivity index (χ2n) is 7.29. The summed E-state index contributed by atoms with van der Waals surface area (Å²) in [7, 11) is 0. The van der Waals surface area contributed by atoms with Crippen molar-refractivity contribution in [3.8, 4) is 11.1 Å². The zero-order valence-electron chi connectivity index (χ0n) is 16.9. The number of carbonyl (C=O) groups is 1. The number of aryl methyl sites for hydroxylation is 2. The largest absolute Gasteiger partial charge is 0.416 e. The molecular weight excluding hydrogens is 405 g/mol. The molecule has 4 aromatic rings. The van der Waals surface area contributed by atoms with Crippen LogP contribution in [-0.4, -0.2) is 20.7 Å². The molecule has 1 N–H and O–H groups in total. The molecule has 0 atom stereocenters.